The molecule has 0 aromatic rings. The van der Waals surface area contributed by atoms with Crippen molar-refractivity contribution in [3.8, 4) is 0 Å². The Morgan fingerprint density at radius 3 is 0.675 bits per heavy atom. The number of unbranched alkanes of at least 4 members (excludes halogenated alkanes) is 53. The van der Waals surface area contributed by atoms with Crippen LogP contribution >= 0.6 is 0 Å². The van der Waals surface area contributed by atoms with E-state index in [1.54, 1.807) is 0 Å². The quantitative estimate of drug-likeness (QED) is 0.0261. The van der Waals surface area contributed by atoms with Crippen LogP contribution in [-0.4, -0.2) is 37.2 Å². The monoisotopic (exact) mass is 1170 g/mol. The van der Waals surface area contributed by atoms with Crippen LogP contribution in [0.5, 0.6) is 0 Å². The van der Waals surface area contributed by atoms with E-state index < -0.39 is 6.10 Å². The maximum Gasteiger partial charge on any atom is 0.306 e. The molecule has 488 valence electrons. The smallest absolute Gasteiger partial charge is 0.306 e. The van der Waals surface area contributed by atoms with Gasteiger partial charge in [0.25, 0.3) is 0 Å². The normalized spacial score (nSPS) is 12.2. The minimum atomic E-state index is -0.771. The maximum atomic E-state index is 12.9. The summed E-state index contributed by atoms with van der Waals surface area (Å²) in [6, 6.07) is 0. The number of ether oxygens (including phenoxy) is 3. The van der Waals surface area contributed by atoms with Crippen molar-refractivity contribution in [1.82, 2.24) is 0 Å². The van der Waals surface area contributed by atoms with Crippen LogP contribution in [-0.2, 0) is 28.6 Å². The molecule has 6 nitrogen and oxygen atoms in total. The van der Waals surface area contributed by atoms with Crippen molar-refractivity contribution >= 4 is 17.9 Å². The molecular formula is C77H144O6. The zero-order valence-corrected chi connectivity index (χ0v) is 56.2. The summed E-state index contributed by atoms with van der Waals surface area (Å²) in [5, 5.41) is 0. The lowest BCUT2D eigenvalue weighted by Gasteiger charge is -2.18. The second-order valence-electron chi connectivity index (χ2n) is 25.6. The Labute approximate surface area is 518 Å². The minimum absolute atomic E-state index is 0.0681. The zero-order valence-electron chi connectivity index (χ0n) is 56.2. The molecule has 0 aromatic heterocycles. The van der Waals surface area contributed by atoms with Crippen LogP contribution in [0.15, 0.2) is 36.5 Å². The largest absolute Gasteiger partial charge is 0.462 e. The molecular weight excluding hydrogens is 1020 g/mol. The Morgan fingerprint density at radius 2 is 0.434 bits per heavy atom. The Kier molecular flexibility index (Phi) is 70.0. The lowest BCUT2D eigenvalue weighted by molar-refractivity contribution is -0.167. The van der Waals surface area contributed by atoms with Crippen molar-refractivity contribution < 1.29 is 28.6 Å². The van der Waals surface area contributed by atoms with Crippen LogP contribution in [0.3, 0.4) is 0 Å². The van der Waals surface area contributed by atoms with Gasteiger partial charge in [0, 0.05) is 19.3 Å². The van der Waals surface area contributed by atoms with Gasteiger partial charge in [-0.3, -0.25) is 14.4 Å². The van der Waals surface area contributed by atoms with E-state index in [0.717, 1.165) is 64.2 Å². The number of carbonyl (C=O) groups is 3. The van der Waals surface area contributed by atoms with E-state index in [4.69, 9.17) is 14.2 Å². The van der Waals surface area contributed by atoms with Crippen molar-refractivity contribution in [2.24, 2.45) is 0 Å². The molecule has 0 amide bonds. The Bertz CT molecular complexity index is 1380. The highest BCUT2D eigenvalue weighted by Crippen LogP contribution is 2.19. The van der Waals surface area contributed by atoms with E-state index in [2.05, 4.69) is 57.2 Å². The van der Waals surface area contributed by atoms with Gasteiger partial charge in [-0.25, -0.2) is 0 Å². The van der Waals surface area contributed by atoms with Gasteiger partial charge in [0.2, 0.25) is 0 Å². The summed E-state index contributed by atoms with van der Waals surface area (Å²) < 4.78 is 16.9. The maximum absolute atomic E-state index is 12.9. The summed E-state index contributed by atoms with van der Waals surface area (Å²) in [4.78, 5) is 38.3. The van der Waals surface area contributed by atoms with Crippen LogP contribution in [0.2, 0.25) is 0 Å². The van der Waals surface area contributed by atoms with Crippen LogP contribution in [0.25, 0.3) is 0 Å². The van der Waals surface area contributed by atoms with Gasteiger partial charge in [0.05, 0.1) is 0 Å². The molecule has 0 heterocycles. The fourth-order valence-corrected chi connectivity index (χ4v) is 11.5. The second-order valence-corrected chi connectivity index (χ2v) is 25.6. The van der Waals surface area contributed by atoms with Crippen molar-refractivity contribution in [3.63, 3.8) is 0 Å². The summed E-state index contributed by atoms with van der Waals surface area (Å²) in [6.07, 6.45) is 90.8. The lowest BCUT2D eigenvalue weighted by Crippen LogP contribution is -2.30. The van der Waals surface area contributed by atoms with Gasteiger partial charge in [-0.2, -0.15) is 0 Å². The summed E-state index contributed by atoms with van der Waals surface area (Å²) in [7, 11) is 0. The van der Waals surface area contributed by atoms with E-state index in [0.29, 0.717) is 19.3 Å². The van der Waals surface area contributed by atoms with Gasteiger partial charge in [-0.15, -0.1) is 0 Å². The molecule has 0 saturated heterocycles. The summed E-state index contributed by atoms with van der Waals surface area (Å²) in [5.74, 6) is -0.847. The predicted molar refractivity (Wildman–Crippen MR) is 362 cm³/mol. The number of carbonyl (C=O) groups excluding carboxylic acids is 3. The van der Waals surface area contributed by atoms with Gasteiger partial charge in [-0.1, -0.05) is 359 Å². The van der Waals surface area contributed by atoms with E-state index in [1.807, 2.05) is 0 Å². The molecule has 6 heteroatoms. The molecule has 1 unspecified atom stereocenters. The first-order valence-corrected chi connectivity index (χ1v) is 37.5. The van der Waals surface area contributed by atoms with Crippen LogP contribution in [0.1, 0.15) is 419 Å². The predicted octanol–water partition coefficient (Wildman–Crippen LogP) is 25.9. The minimum Gasteiger partial charge on any atom is -0.462 e. The lowest BCUT2D eigenvalue weighted by atomic mass is 10.0. The number of allylic oxidation sites excluding steroid dienone is 6. The highest BCUT2D eigenvalue weighted by Gasteiger charge is 2.20. The molecule has 0 aliphatic rings. The fourth-order valence-electron chi connectivity index (χ4n) is 11.5. The van der Waals surface area contributed by atoms with Gasteiger partial charge in [0.1, 0.15) is 13.2 Å². The number of rotatable bonds is 70. The van der Waals surface area contributed by atoms with Crippen LogP contribution in [0.4, 0.5) is 0 Å². The molecule has 0 radical (unpaired) electrons. The van der Waals surface area contributed by atoms with E-state index in [-0.39, 0.29) is 31.1 Å². The van der Waals surface area contributed by atoms with Crippen LogP contribution < -0.4 is 0 Å². The van der Waals surface area contributed by atoms with Crippen molar-refractivity contribution in [1.29, 1.82) is 0 Å². The molecule has 0 aliphatic carbocycles. The van der Waals surface area contributed by atoms with Gasteiger partial charge < -0.3 is 14.2 Å². The third kappa shape index (κ3) is 70.3. The molecule has 0 aromatic carbocycles. The Hall–Kier alpha value is -2.37. The fraction of sp³-hybridized carbons (Fsp3) is 0.883. The van der Waals surface area contributed by atoms with Gasteiger partial charge in [0.15, 0.2) is 6.10 Å². The molecule has 0 N–H and O–H groups in total. The summed E-state index contributed by atoms with van der Waals surface area (Å²) in [5.41, 5.74) is 0. The molecule has 0 aliphatic heterocycles. The highest BCUT2D eigenvalue weighted by molar-refractivity contribution is 5.71. The number of hydrogen-bond acceptors (Lipinski definition) is 6. The first-order valence-electron chi connectivity index (χ1n) is 37.5. The van der Waals surface area contributed by atoms with Crippen LogP contribution in [0, 0.1) is 0 Å². The van der Waals surface area contributed by atoms with Crippen molar-refractivity contribution in [2.45, 2.75) is 425 Å². The average molecular weight is 1170 g/mol. The van der Waals surface area contributed by atoms with E-state index in [9.17, 15) is 14.4 Å². The summed E-state index contributed by atoms with van der Waals surface area (Å²) >= 11 is 0. The van der Waals surface area contributed by atoms with Gasteiger partial charge >= 0.3 is 17.9 Å². The molecule has 1 atom stereocenters. The van der Waals surface area contributed by atoms with E-state index >= 15 is 0 Å². The Morgan fingerprint density at radius 1 is 0.241 bits per heavy atom. The molecule has 0 rings (SSSR count). The topological polar surface area (TPSA) is 78.9 Å². The third-order valence-corrected chi connectivity index (χ3v) is 17.1. The number of esters is 3. The second kappa shape index (κ2) is 72.1. The molecule has 83 heavy (non-hydrogen) atoms. The third-order valence-electron chi connectivity index (χ3n) is 17.1. The van der Waals surface area contributed by atoms with Crippen molar-refractivity contribution in [2.75, 3.05) is 13.2 Å². The first kappa shape index (κ1) is 80.6. The standard InChI is InChI=1S/C77H144O6/c1-4-7-10-13-16-19-21-23-25-27-29-31-32-33-34-35-36-37-38-39-40-41-42-43-44-46-47-49-51-53-55-58-61-64-67-70-76(79)82-73-74(72-81-75(78)69-66-63-60-57-18-15-12-9-6-3)83-77(80)71-68-65-62-59-56-54-52-50-48-45-30-28-26-24-22-20-17-14-11-8-5-2/h22,24,27-30,74H,4-21,23,25-26,31-73H2,1-3H3/b24-22-,29-27-,30-28-. The highest BCUT2D eigenvalue weighted by atomic mass is 16.6. The molecule has 0 fully saturated rings. The molecule has 0 saturated carbocycles. The summed E-state index contributed by atoms with van der Waals surface area (Å²) in [6.45, 7) is 6.68. The molecule has 0 spiro atoms. The van der Waals surface area contributed by atoms with E-state index in [1.165, 1.54) is 315 Å². The first-order chi connectivity index (χ1) is 41.0. The SMILES string of the molecule is CCCCCCC/C=C\C/C=C\CCCCCCCCCCCC(=O)OC(COC(=O)CCCCCCCCCCC)COC(=O)CCCCCCCCCCCCCCCCCCCCCCCCC/C=C\CCCCCCCCCC. The average Bonchev–Trinajstić information content (AvgIpc) is 3.49. The number of hydrogen-bond donors (Lipinski definition) is 0. The Balaban J connectivity index is 4.00. The molecule has 0 bridgehead atoms. The van der Waals surface area contributed by atoms with Gasteiger partial charge in [-0.05, 0) is 77.0 Å². The zero-order chi connectivity index (χ0) is 59.9. The van der Waals surface area contributed by atoms with Crippen molar-refractivity contribution in [3.05, 3.63) is 36.5 Å².